The summed E-state index contributed by atoms with van der Waals surface area (Å²) in [4.78, 5) is 10.5. The molecule has 1 unspecified atom stereocenters. The van der Waals surface area contributed by atoms with Crippen LogP contribution in [0.5, 0.6) is 5.75 Å². The molecule has 0 aromatic heterocycles. The molecule has 2 rings (SSSR count). The molecule has 0 amide bonds. The van der Waals surface area contributed by atoms with Gasteiger partial charge in [0.15, 0.2) is 5.75 Å². The summed E-state index contributed by atoms with van der Waals surface area (Å²) in [5, 5.41) is 14.1. The third-order valence-corrected chi connectivity index (χ3v) is 3.21. The van der Waals surface area contributed by atoms with E-state index < -0.39 is 4.92 Å². The highest BCUT2D eigenvalue weighted by atomic mass is 16.6. The fraction of sp³-hybridized carbons (Fsp3) is 0.250. The zero-order chi connectivity index (χ0) is 15.9. The summed E-state index contributed by atoms with van der Waals surface area (Å²) in [6.07, 6.45) is 0. The van der Waals surface area contributed by atoms with Crippen molar-refractivity contribution in [1.82, 2.24) is 0 Å². The third-order valence-electron chi connectivity index (χ3n) is 3.21. The monoisotopic (exact) mass is 301 g/mol. The van der Waals surface area contributed by atoms with Crippen LogP contribution in [0.4, 0.5) is 11.4 Å². The van der Waals surface area contributed by atoms with Gasteiger partial charge in [0, 0.05) is 30.4 Å². The van der Waals surface area contributed by atoms with Crippen LogP contribution in [0.2, 0.25) is 0 Å². The maximum absolute atomic E-state index is 10.9. The molecule has 0 spiro atoms. The maximum Gasteiger partial charge on any atom is 0.311 e. The number of nitro groups is 1. The first-order valence-corrected chi connectivity index (χ1v) is 7.07. The van der Waals surface area contributed by atoms with Gasteiger partial charge < -0.3 is 15.8 Å². The van der Waals surface area contributed by atoms with Crippen molar-refractivity contribution in [3.63, 3.8) is 0 Å². The summed E-state index contributed by atoms with van der Waals surface area (Å²) >= 11 is 0. The normalized spacial score (nSPS) is 11.7. The number of benzene rings is 2. The molecule has 0 radical (unpaired) electrons. The summed E-state index contributed by atoms with van der Waals surface area (Å²) in [6, 6.07) is 14.3. The summed E-state index contributed by atoms with van der Waals surface area (Å²) in [5.41, 5.74) is 7.84. The van der Waals surface area contributed by atoms with Crippen LogP contribution >= 0.6 is 0 Å². The molecule has 6 nitrogen and oxygen atoms in total. The Hall–Kier alpha value is -2.60. The zero-order valence-corrected chi connectivity index (χ0v) is 12.4. The fourth-order valence-corrected chi connectivity index (χ4v) is 2.09. The van der Waals surface area contributed by atoms with Crippen LogP contribution < -0.4 is 15.8 Å². The summed E-state index contributed by atoms with van der Waals surface area (Å²) in [6.45, 7) is 2.68. The second kappa shape index (κ2) is 7.42. The Balaban J connectivity index is 2.07. The van der Waals surface area contributed by atoms with E-state index >= 15 is 0 Å². The van der Waals surface area contributed by atoms with Crippen molar-refractivity contribution in [2.45, 2.75) is 13.0 Å². The predicted molar refractivity (Wildman–Crippen MR) is 86.1 cm³/mol. The minimum atomic E-state index is -0.454. The summed E-state index contributed by atoms with van der Waals surface area (Å²) in [7, 11) is 0. The Morgan fingerprint density at radius 1 is 1.27 bits per heavy atom. The first-order chi connectivity index (χ1) is 10.6. The average molecular weight is 301 g/mol. The lowest BCUT2D eigenvalue weighted by Gasteiger charge is -2.14. The Morgan fingerprint density at radius 2 is 2.00 bits per heavy atom. The molecule has 0 aliphatic heterocycles. The van der Waals surface area contributed by atoms with Crippen molar-refractivity contribution in [2.24, 2.45) is 5.73 Å². The number of nitro benzene ring substituents is 1. The van der Waals surface area contributed by atoms with Gasteiger partial charge in [0.25, 0.3) is 0 Å². The predicted octanol–water partition coefficient (Wildman–Crippen LogP) is 3.11. The largest absolute Gasteiger partial charge is 0.487 e. The molecule has 0 aliphatic rings. The van der Waals surface area contributed by atoms with Gasteiger partial charge in [0.05, 0.1) is 11.5 Å². The van der Waals surface area contributed by atoms with Gasteiger partial charge in [-0.15, -0.1) is 0 Å². The number of nitrogens with two attached hydrogens (primary N) is 1. The minimum Gasteiger partial charge on any atom is -0.487 e. The second-order valence-electron chi connectivity index (χ2n) is 4.77. The van der Waals surface area contributed by atoms with Gasteiger partial charge in [0.2, 0.25) is 0 Å². The fourth-order valence-electron chi connectivity index (χ4n) is 2.09. The quantitative estimate of drug-likeness (QED) is 0.605. The minimum absolute atomic E-state index is 0.0419. The van der Waals surface area contributed by atoms with Crippen LogP contribution in [0.3, 0.4) is 0 Å². The number of ether oxygens (including phenoxy) is 1. The first-order valence-electron chi connectivity index (χ1n) is 7.07. The number of nitrogens with one attached hydrogen (secondary N) is 1. The topological polar surface area (TPSA) is 90.4 Å². The number of nitrogens with zero attached hydrogens (tertiary/aromatic N) is 1. The van der Waals surface area contributed by atoms with Crippen LogP contribution in [0.25, 0.3) is 0 Å². The Kier molecular flexibility index (Phi) is 5.32. The van der Waals surface area contributed by atoms with Gasteiger partial charge in [-0.2, -0.15) is 0 Å². The van der Waals surface area contributed by atoms with E-state index in [9.17, 15) is 10.1 Å². The molecule has 0 aliphatic carbocycles. The Labute approximate surface area is 129 Å². The second-order valence-corrected chi connectivity index (χ2v) is 4.77. The lowest BCUT2D eigenvalue weighted by Crippen LogP contribution is -2.20. The van der Waals surface area contributed by atoms with Gasteiger partial charge in [-0.3, -0.25) is 10.1 Å². The molecular formula is C16H19N3O3. The van der Waals surface area contributed by atoms with Crippen molar-refractivity contribution in [2.75, 3.05) is 18.5 Å². The molecule has 3 N–H and O–H groups in total. The van der Waals surface area contributed by atoms with Crippen LogP contribution in [0.15, 0.2) is 48.5 Å². The van der Waals surface area contributed by atoms with Crippen LogP contribution in [-0.4, -0.2) is 18.1 Å². The molecule has 1 atom stereocenters. The van der Waals surface area contributed by atoms with E-state index in [1.165, 1.54) is 6.07 Å². The molecule has 0 heterocycles. The molecule has 0 fully saturated rings. The number of anilines is 1. The van der Waals surface area contributed by atoms with E-state index in [1.54, 1.807) is 19.1 Å². The van der Waals surface area contributed by atoms with Crippen molar-refractivity contribution in [3.05, 3.63) is 64.2 Å². The van der Waals surface area contributed by atoms with Crippen molar-refractivity contribution < 1.29 is 9.66 Å². The summed E-state index contributed by atoms with van der Waals surface area (Å²) in [5.74, 6) is 0.255. The molecule has 22 heavy (non-hydrogen) atoms. The highest BCUT2D eigenvalue weighted by Crippen LogP contribution is 2.30. The number of hydrogen-bond acceptors (Lipinski definition) is 5. The van der Waals surface area contributed by atoms with Gasteiger partial charge in [0.1, 0.15) is 0 Å². The van der Waals surface area contributed by atoms with Crippen molar-refractivity contribution >= 4 is 11.4 Å². The number of hydrogen-bond donors (Lipinski definition) is 2. The highest BCUT2D eigenvalue weighted by Gasteiger charge is 2.15. The maximum atomic E-state index is 10.9. The van der Waals surface area contributed by atoms with E-state index in [4.69, 9.17) is 10.5 Å². The van der Waals surface area contributed by atoms with Gasteiger partial charge in [-0.25, -0.2) is 0 Å². The van der Waals surface area contributed by atoms with E-state index in [0.29, 0.717) is 13.2 Å². The van der Waals surface area contributed by atoms with Gasteiger partial charge in [-0.1, -0.05) is 30.3 Å². The van der Waals surface area contributed by atoms with E-state index in [-0.39, 0.29) is 17.5 Å². The molecule has 0 bridgehead atoms. The van der Waals surface area contributed by atoms with Crippen LogP contribution in [-0.2, 0) is 0 Å². The smallest absolute Gasteiger partial charge is 0.311 e. The molecule has 2 aromatic carbocycles. The van der Waals surface area contributed by atoms with Crippen LogP contribution in [0, 0.1) is 10.1 Å². The van der Waals surface area contributed by atoms with Gasteiger partial charge in [-0.05, 0) is 18.6 Å². The van der Waals surface area contributed by atoms with Crippen molar-refractivity contribution in [3.8, 4) is 5.75 Å². The molecular weight excluding hydrogens is 282 g/mol. The standard InChI is InChI=1S/C16H19N3O3/c1-2-22-16-10-13(8-9-15(16)19(20)21)18-11-14(17)12-6-4-3-5-7-12/h3-10,14,18H,2,11,17H2,1H3. The Morgan fingerprint density at radius 3 is 2.64 bits per heavy atom. The van der Waals surface area contributed by atoms with E-state index in [0.717, 1.165) is 11.3 Å². The summed E-state index contributed by atoms with van der Waals surface area (Å²) < 4.78 is 5.32. The lowest BCUT2D eigenvalue weighted by molar-refractivity contribution is -0.385. The van der Waals surface area contributed by atoms with E-state index in [2.05, 4.69) is 5.32 Å². The highest BCUT2D eigenvalue weighted by molar-refractivity contribution is 5.58. The SMILES string of the molecule is CCOc1cc(NCC(N)c2ccccc2)ccc1[N+](=O)[O-]. The lowest BCUT2D eigenvalue weighted by atomic mass is 10.1. The zero-order valence-electron chi connectivity index (χ0n) is 12.4. The molecule has 0 saturated carbocycles. The van der Waals surface area contributed by atoms with Crippen molar-refractivity contribution in [1.29, 1.82) is 0 Å². The van der Waals surface area contributed by atoms with Crippen LogP contribution in [0.1, 0.15) is 18.5 Å². The Bertz CT molecular complexity index is 632. The third kappa shape index (κ3) is 3.95. The molecule has 2 aromatic rings. The van der Waals surface area contributed by atoms with Gasteiger partial charge >= 0.3 is 5.69 Å². The molecule has 116 valence electrons. The molecule has 0 saturated heterocycles. The number of rotatable bonds is 7. The average Bonchev–Trinajstić information content (AvgIpc) is 2.53. The first kappa shape index (κ1) is 15.8. The van der Waals surface area contributed by atoms with E-state index in [1.807, 2.05) is 30.3 Å². The molecule has 6 heteroatoms.